The van der Waals surface area contributed by atoms with Crippen LogP contribution in [-0.2, 0) is 0 Å². The third kappa shape index (κ3) is 1.75. The number of carbonyl (C=O) groups excluding carboxylic acids is 1. The second-order valence-electron chi connectivity index (χ2n) is 2.45. The lowest BCUT2D eigenvalue weighted by Crippen LogP contribution is -2.23. The number of benzene rings is 1. The van der Waals surface area contributed by atoms with Crippen LogP contribution in [0.25, 0.3) is 0 Å². The molecule has 0 unspecified atom stereocenters. The minimum atomic E-state index is -0.115. The molecule has 0 spiro atoms. The normalized spacial score (nSPS) is 9.42. The van der Waals surface area contributed by atoms with Crippen LogP contribution in [0.1, 0.15) is 17.3 Å². The van der Waals surface area contributed by atoms with E-state index >= 15 is 0 Å². The summed E-state index contributed by atoms with van der Waals surface area (Å²) in [6, 6.07) is 7.02. The van der Waals surface area contributed by atoms with Crippen molar-refractivity contribution in [3.8, 4) is 0 Å². The highest BCUT2D eigenvalue weighted by Crippen LogP contribution is 2.09. The summed E-state index contributed by atoms with van der Waals surface area (Å²) in [7, 11) is 0. The van der Waals surface area contributed by atoms with Crippen LogP contribution in [-0.4, -0.2) is 12.5 Å². The van der Waals surface area contributed by atoms with Crippen LogP contribution in [0.2, 0.25) is 0 Å². The highest BCUT2D eigenvalue weighted by atomic mass is 16.1. The first-order valence-corrected chi connectivity index (χ1v) is 3.88. The Kier molecular flexibility index (Phi) is 2.69. The largest absolute Gasteiger partial charge is 0.398 e. The Bertz CT molecular complexity index is 284. The Hall–Kier alpha value is -1.51. The fraction of sp³-hybridized carbons (Fsp3) is 0.222. The van der Waals surface area contributed by atoms with Gasteiger partial charge in [0.25, 0.3) is 5.91 Å². The van der Waals surface area contributed by atoms with E-state index in [2.05, 4.69) is 5.32 Å². The number of rotatable bonds is 2. The van der Waals surface area contributed by atoms with Gasteiger partial charge < -0.3 is 11.1 Å². The van der Waals surface area contributed by atoms with Crippen LogP contribution in [0.5, 0.6) is 0 Å². The average Bonchev–Trinajstić information content (AvgIpc) is 2.05. The smallest absolute Gasteiger partial charge is 0.253 e. The first kappa shape index (κ1) is 8.59. The molecule has 0 heterocycles. The Morgan fingerprint density at radius 3 is 2.75 bits per heavy atom. The van der Waals surface area contributed by atoms with Crippen molar-refractivity contribution in [1.82, 2.24) is 5.32 Å². The predicted octanol–water partition coefficient (Wildman–Crippen LogP) is 1.02. The number of para-hydroxylation sites is 1. The van der Waals surface area contributed by atoms with Gasteiger partial charge in [0.05, 0.1) is 5.56 Å². The van der Waals surface area contributed by atoms with Gasteiger partial charge in [-0.15, -0.1) is 0 Å². The minimum absolute atomic E-state index is 0.115. The summed E-state index contributed by atoms with van der Waals surface area (Å²) in [5, 5.41) is 2.68. The zero-order chi connectivity index (χ0) is 8.97. The van der Waals surface area contributed by atoms with Crippen molar-refractivity contribution in [2.24, 2.45) is 0 Å². The fourth-order valence-electron chi connectivity index (χ4n) is 0.960. The maximum absolute atomic E-state index is 11.3. The zero-order valence-electron chi connectivity index (χ0n) is 7.00. The molecule has 0 fully saturated rings. The van der Waals surface area contributed by atoms with Crippen molar-refractivity contribution >= 4 is 11.6 Å². The van der Waals surface area contributed by atoms with Crippen molar-refractivity contribution in [2.45, 2.75) is 6.92 Å². The molecule has 0 aliphatic rings. The minimum Gasteiger partial charge on any atom is -0.398 e. The number of nitrogen functional groups attached to an aromatic ring is 1. The molecule has 3 nitrogen and oxygen atoms in total. The molecule has 1 amide bonds. The van der Waals surface area contributed by atoms with Crippen LogP contribution < -0.4 is 11.1 Å². The molecule has 0 atom stereocenters. The second-order valence-corrected chi connectivity index (χ2v) is 2.45. The van der Waals surface area contributed by atoms with Gasteiger partial charge in [0, 0.05) is 12.2 Å². The molecule has 0 saturated carbocycles. The standard InChI is InChI=1S/C9H12N2O/c1-2-11-9(12)7-5-3-4-6-8(7)10/h3-6H,2,10H2,1H3,(H,11,12). The molecule has 1 aromatic rings. The predicted molar refractivity (Wildman–Crippen MR) is 48.9 cm³/mol. The van der Waals surface area contributed by atoms with Crippen LogP contribution in [0.4, 0.5) is 5.69 Å². The molecule has 3 heteroatoms. The lowest BCUT2D eigenvalue weighted by atomic mass is 10.2. The Labute approximate surface area is 71.6 Å². The van der Waals surface area contributed by atoms with Gasteiger partial charge >= 0.3 is 0 Å². The molecule has 1 aromatic carbocycles. The molecule has 0 bridgehead atoms. The maximum Gasteiger partial charge on any atom is 0.253 e. The quantitative estimate of drug-likeness (QED) is 0.641. The number of hydrogen-bond donors (Lipinski definition) is 2. The summed E-state index contributed by atoms with van der Waals surface area (Å²) in [4.78, 5) is 11.3. The highest BCUT2D eigenvalue weighted by Gasteiger charge is 2.05. The van der Waals surface area contributed by atoms with Crippen molar-refractivity contribution in [1.29, 1.82) is 0 Å². The van der Waals surface area contributed by atoms with E-state index < -0.39 is 0 Å². The Morgan fingerprint density at radius 1 is 1.50 bits per heavy atom. The number of nitrogens with one attached hydrogen (secondary N) is 1. The monoisotopic (exact) mass is 164 g/mol. The molecule has 0 saturated heterocycles. The van der Waals surface area contributed by atoms with E-state index in [9.17, 15) is 4.79 Å². The molecular weight excluding hydrogens is 152 g/mol. The summed E-state index contributed by atoms with van der Waals surface area (Å²) < 4.78 is 0. The molecule has 0 aliphatic carbocycles. The highest BCUT2D eigenvalue weighted by molar-refractivity contribution is 5.98. The summed E-state index contributed by atoms with van der Waals surface area (Å²) in [5.74, 6) is -0.115. The van der Waals surface area contributed by atoms with Gasteiger partial charge in [0.15, 0.2) is 0 Å². The van der Waals surface area contributed by atoms with Crippen LogP contribution in [0, 0.1) is 0 Å². The molecule has 0 radical (unpaired) electrons. The van der Waals surface area contributed by atoms with E-state index in [4.69, 9.17) is 5.73 Å². The summed E-state index contributed by atoms with van der Waals surface area (Å²) in [5.41, 5.74) is 6.65. The van der Waals surface area contributed by atoms with Gasteiger partial charge in [-0.3, -0.25) is 4.79 Å². The van der Waals surface area contributed by atoms with E-state index in [0.717, 1.165) is 0 Å². The van der Waals surface area contributed by atoms with Crippen LogP contribution in [0.15, 0.2) is 24.3 Å². The number of nitrogens with two attached hydrogens (primary N) is 1. The summed E-state index contributed by atoms with van der Waals surface area (Å²) in [6.07, 6.45) is 0. The molecule has 0 aromatic heterocycles. The van der Waals surface area contributed by atoms with Crippen molar-refractivity contribution in [3.63, 3.8) is 0 Å². The third-order valence-corrected chi connectivity index (χ3v) is 1.54. The number of amides is 1. The second kappa shape index (κ2) is 3.76. The van der Waals surface area contributed by atoms with Gasteiger partial charge in [0.1, 0.15) is 0 Å². The molecule has 1 rings (SSSR count). The zero-order valence-corrected chi connectivity index (χ0v) is 7.00. The first-order valence-electron chi connectivity index (χ1n) is 3.88. The lowest BCUT2D eigenvalue weighted by molar-refractivity contribution is 0.0956. The molecular formula is C9H12N2O. The Morgan fingerprint density at radius 2 is 2.17 bits per heavy atom. The van der Waals surface area contributed by atoms with Crippen molar-refractivity contribution < 1.29 is 4.79 Å². The van der Waals surface area contributed by atoms with Gasteiger partial charge in [-0.25, -0.2) is 0 Å². The maximum atomic E-state index is 11.3. The molecule has 0 aliphatic heterocycles. The van der Waals surface area contributed by atoms with Gasteiger partial charge in [-0.05, 0) is 19.1 Å². The van der Waals surface area contributed by atoms with Crippen LogP contribution in [0.3, 0.4) is 0 Å². The Balaban J connectivity index is 2.87. The van der Waals surface area contributed by atoms with Gasteiger partial charge in [-0.2, -0.15) is 0 Å². The van der Waals surface area contributed by atoms with Crippen LogP contribution >= 0.6 is 0 Å². The van der Waals surface area contributed by atoms with Gasteiger partial charge in [-0.1, -0.05) is 12.1 Å². The summed E-state index contributed by atoms with van der Waals surface area (Å²) in [6.45, 7) is 2.49. The topological polar surface area (TPSA) is 55.1 Å². The van der Waals surface area contributed by atoms with E-state index in [1.54, 1.807) is 24.3 Å². The van der Waals surface area contributed by atoms with E-state index in [-0.39, 0.29) is 5.91 Å². The average molecular weight is 164 g/mol. The van der Waals surface area contributed by atoms with Gasteiger partial charge in [0.2, 0.25) is 0 Å². The third-order valence-electron chi connectivity index (χ3n) is 1.54. The molecule has 3 N–H and O–H groups in total. The number of anilines is 1. The first-order chi connectivity index (χ1) is 5.75. The fourth-order valence-corrected chi connectivity index (χ4v) is 0.960. The number of carbonyl (C=O) groups is 1. The SMILES string of the molecule is CCNC(=O)c1ccccc1N. The molecule has 64 valence electrons. The van der Waals surface area contributed by atoms with Crippen molar-refractivity contribution in [2.75, 3.05) is 12.3 Å². The summed E-state index contributed by atoms with van der Waals surface area (Å²) >= 11 is 0. The van der Waals surface area contributed by atoms with E-state index in [1.807, 2.05) is 6.92 Å². The van der Waals surface area contributed by atoms with E-state index in [1.165, 1.54) is 0 Å². The lowest BCUT2D eigenvalue weighted by Gasteiger charge is -2.03. The van der Waals surface area contributed by atoms with Crippen molar-refractivity contribution in [3.05, 3.63) is 29.8 Å². The number of hydrogen-bond acceptors (Lipinski definition) is 2. The van der Waals surface area contributed by atoms with E-state index in [0.29, 0.717) is 17.8 Å². The molecule has 12 heavy (non-hydrogen) atoms.